The average molecular weight is 574 g/mol. The molecule has 0 bridgehead atoms. The molecule has 0 aromatic heterocycles. The monoisotopic (exact) mass is 573 g/mol. The molecule has 5 aliphatic carbocycles. The normalized spacial score (nSPS) is 40.8. The molecule has 2 N–H and O–H groups in total. The van der Waals surface area contributed by atoms with Crippen LogP contribution in [0.1, 0.15) is 128 Å². The number of hydrogen-bond acceptors (Lipinski definition) is 5. The van der Waals surface area contributed by atoms with Crippen molar-refractivity contribution in [3.63, 3.8) is 0 Å². The van der Waals surface area contributed by atoms with Crippen LogP contribution in [-0.4, -0.2) is 72.9 Å². The van der Waals surface area contributed by atoms with Crippen LogP contribution in [0.5, 0.6) is 0 Å². The van der Waals surface area contributed by atoms with Crippen molar-refractivity contribution >= 4 is 0 Å². The molecule has 236 valence electrons. The summed E-state index contributed by atoms with van der Waals surface area (Å²) in [6, 6.07) is 2.22. The molecule has 0 radical (unpaired) electrons. The summed E-state index contributed by atoms with van der Waals surface area (Å²) in [4.78, 5) is 3.06. The molecular formula is C36H63NO4. The second-order valence-corrected chi connectivity index (χ2v) is 14.8. The molecule has 5 heteroatoms. The van der Waals surface area contributed by atoms with Crippen molar-refractivity contribution in [2.24, 2.45) is 29.6 Å². The predicted octanol–water partition coefficient (Wildman–Crippen LogP) is 7.29. The van der Waals surface area contributed by atoms with Crippen molar-refractivity contribution in [1.29, 1.82) is 0 Å². The molecule has 5 rings (SSSR count). The Balaban J connectivity index is 1.24. The fraction of sp³-hybridized carbons (Fsp3) is 0.944. The third-order valence-electron chi connectivity index (χ3n) is 12.5. The molecule has 0 heterocycles. The minimum atomic E-state index is 0.369. The van der Waals surface area contributed by atoms with E-state index < -0.39 is 0 Å². The van der Waals surface area contributed by atoms with E-state index in [9.17, 15) is 10.2 Å². The van der Waals surface area contributed by atoms with Gasteiger partial charge in [0.1, 0.15) is 0 Å². The van der Waals surface area contributed by atoms with Crippen LogP contribution in [0.3, 0.4) is 0 Å². The SMILES string of the molecule is COC1CCC(N(C2CCC(C=C(C3CCC(CO)CC3)C3CCC(CO)CC3)CC2)C2CCC(OC)CC2)CC1. The summed E-state index contributed by atoms with van der Waals surface area (Å²) >= 11 is 0. The molecule has 0 atom stereocenters. The van der Waals surface area contributed by atoms with Gasteiger partial charge in [-0.2, -0.15) is 0 Å². The molecule has 0 saturated heterocycles. The molecule has 0 amide bonds. The van der Waals surface area contributed by atoms with E-state index in [0.29, 0.717) is 37.3 Å². The standard InChI is InChI=1S/C36H63NO4/c1-40-34-19-15-32(16-20-34)37(33-17-21-35(41-2)22-18-33)31-13-7-26(8-14-31)23-36(29-9-3-27(24-38)4-10-29)30-11-5-28(25-39)6-12-30/h23,26-35,38-39H,3-22,24-25H2,1-2H3. The lowest BCUT2D eigenvalue weighted by Gasteiger charge is -2.49. The van der Waals surface area contributed by atoms with Crippen LogP contribution in [0.25, 0.3) is 0 Å². The smallest absolute Gasteiger partial charge is 0.0572 e. The van der Waals surface area contributed by atoms with Crippen LogP contribution in [-0.2, 0) is 9.47 Å². The third kappa shape index (κ3) is 8.38. The Hall–Kier alpha value is -0.460. The zero-order valence-electron chi connectivity index (χ0n) is 26.6. The van der Waals surface area contributed by atoms with E-state index in [-0.39, 0.29) is 0 Å². The Kier molecular flexibility index (Phi) is 12.5. The van der Waals surface area contributed by atoms with E-state index >= 15 is 0 Å². The van der Waals surface area contributed by atoms with Crippen molar-refractivity contribution in [1.82, 2.24) is 4.90 Å². The van der Waals surface area contributed by atoms with E-state index in [1.54, 1.807) is 5.57 Å². The van der Waals surface area contributed by atoms with Gasteiger partial charge in [-0.15, -0.1) is 0 Å². The molecule has 0 spiro atoms. The highest BCUT2D eigenvalue weighted by Gasteiger charge is 2.39. The minimum Gasteiger partial charge on any atom is -0.396 e. The molecule has 0 aromatic rings. The Bertz CT molecular complexity index is 712. The van der Waals surface area contributed by atoms with Crippen LogP contribution in [0.4, 0.5) is 0 Å². The Morgan fingerprint density at radius 3 is 1.24 bits per heavy atom. The van der Waals surface area contributed by atoms with Crippen LogP contribution < -0.4 is 0 Å². The van der Waals surface area contributed by atoms with Crippen LogP contribution in [0.15, 0.2) is 11.6 Å². The summed E-state index contributed by atoms with van der Waals surface area (Å²) in [5, 5.41) is 19.5. The molecule has 0 aliphatic heterocycles. The van der Waals surface area contributed by atoms with Crippen molar-refractivity contribution in [2.45, 2.75) is 159 Å². The number of nitrogens with zero attached hydrogens (tertiary/aromatic N) is 1. The Morgan fingerprint density at radius 2 is 0.902 bits per heavy atom. The van der Waals surface area contributed by atoms with Gasteiger partial charge in [-0.1, -0.05) is 11.6 Å². The molecule has 41 heavy (non-hydrogen) atoms. The molecular weight excluding hydrogens is 510 g/mol. The third-order valence-corrected chi connectivity index (χ3v) is 12.5. The number of aliphatic hydroxyl groups excluding tert-OH is 2. The zero-order chi connectivity index (χ0) is 28.6. The lowest BCUT2D eigenvalue weighted by molar-refractivity contribution is -0.0290. The molecule has 5 saturated carbocycles. The van der Waals surface area contributed by atoms with Crippen LogP contribution in [0, 0.1) is 29.6 Å². The quantitative estimate of drug-likeness (QED) is 0.269. The maximum absolute atomic E-state index is 9.74. The first-order chi connectivity index (χ1) is 20.1. The van der Waals surface area contributed by atoms with Gasteiger partial charge in [0.2, 0.25) is 0 Å². The number of aliphatic hydroxyl groups is 2. The van der Waals surface area contributed by atoms with Gasteiger partial charge in [0.15, 0.2) is 0 Å². The number of methoxy groups -OCH3 is 2. The Morgan fingerprint density at radius 1 is 0.537 bits per heavy atom. The maximum Gasteiger partial charge on any atom is 0.0572 e. The Labute approximate surface area is 251 Å². The first-order valence-corrected chi connectivity index (χ1v) is 17.9. The maximum atomic E-state index is 9.74. The first kappa shape index (κ1) is 31.9. The van der Waals surface area contributed by atoms with E-state index in [1.165, 1.54) is 128 Å². The van der Waals surface area contributed by atoms with E-state index in [2.05, 4.69) is 11.0 Å². The predicted molar refractivity (Wildman–Crippen MR) is 167 cm³/mol. The molecule has 5 fully saturated rings. The average Bonchev–Trinajstić information content (AvgIpc) is 3.05. The van der Waals surface area contributed by atoms with Crippen molar-refractivity contribution in [3.05, 3.63) is 11.6 Å². The number of allylic oxidation sites excluding steroid dienone is 2. The molecule has 5 nitrogen and oxygen atoms in total. The minimum absolute atomic E-state index is 0.369. The summed E-state index contributed by atoms with van der Waals surface area (Å²) in [5.74, 6) is 3.25. The van der Waals surface area contributed by atoms with Gasteiger partial charge in [-0.25, -0.2) is 0 Å². The number of rotatable bonds is 10. The van der Waals surface area contributed by atoms with Gasteiger partial charge in [0.05, 0.1) is 12.2 Å². The van der Waals surface area contributed by atoms with Crippen molar-refractivity contribution in [2.75, 3.05) is 27.4 Å². The topological polar surface area (TPSA) is 62.2 Å². The van der Waals surface area contributed by atoms with Crippen LogP contribution in [0.2, 0.25) is 0 Å². The number of hydrogen-bond donors (Lipinski definition) is 2. The second kappa shape index (κ2) is 16.0. The van der Waals surface area contributed by atoms with Gasteiger partial charge in [0.25, 0.3) is 0 Å². The summed E-state index contributed by atoms with van der Waals surface area (Å²) in [6.07, 6.45) is 29.2. The summed E-state index contributed by atoms with van der Waals surface area (Å²) < 4.78 is 11.5. The van der Waals surface area contributed by atoms with Crippen molar-refractivity contribution in [3.8, 4) is 0 Å². The largest absolute Gasteiger partial charge is 0.396 e. The van der Waals surface area contributed by atoms with Crippen LogP contribution >= 0.6 is 0 Å². The fourth-order valence-electron chi connectivity index (χ4n) is 9.85. The van der Waals surface area contributed by atoms with Gasteiger partial charge < -0.3 is 19.7 Å². The van der Waals surface area contributed by atoms with Gasteiger partial charge in [0, 0.05) is 45.6 Å². The van der Waals surface area contributed by atoms with Gasteiger partial charge in [-0.3, -0.25) is 4.90 Å². The van der Waals surface area contributed by atoms with E-state index in [0.717, 1.165) is 35.9 Å². The summed E-state index contributed by atoms with van der Waals surface area (Å²) in [5.41, 5.74) is 1.80. The molecule has 0 aromatic carbocycles. The lowest BCUT2D eigenvalue weighted by atomic mass is 9.69. The summed E-state index contributed by atoms with van der Waals surface area (Å²) in [7, 11) is 3.79. The zero-order valence-corrected chi connectivity index (χ0v) is 26.6. The number of ether oxygens (including phenoxy) is 2. The van der Waals surface area contributed by atoms with Gasteiger partial charge >= 0.3 is 0 Å². The second-order valence-electron chi connectivity index (χ2n) is 14.8. The van der Waals surface area contributed by atoms with E-state index in [4.69, 9.17) is 9.47 Å². The molecule has 0 unspecified atom stereocenters. The molecule has 5 aliphatic rings. The van der Waals surface area contributed by atoms with Crippen molar-refractivity contribution < 1.29 is 19.7 Å². The fourth-order valence-corrected chi connectivity index (χ4v) is 9.85. The highest BCUT2D eigenvalue weighted by molar-refractivity contribution is 5.15. The van der Waals surface area contributed by atoms with Gasteiger partial charge in [-0.05, 0) is 158 Å². The summed E-state index contributed by atoms with van der Waals surface area (Å²) in [6.45, 7) is 0.738. The highest BCUT2D eigenvalue weighted by Crippen LogP contribution is 2.44. The highest BCUT2D eigenvalue weighted by atomic mass is 16.5. The van der Waals surface area contributed by atoms with E-state index in [1.807, 2.05) is 14.2 Å². The first-order valence-electron chi connectivity index (χ1n) is 17.9. The lowest BCUT2D eigenvalue weighted by Crippen LogP contribution is -2.53.